The summed E-state index contributed by atoms with van der Waals surface area (Å²) in [6.07, 6.45) is 0. The summed E-state index contributed by atoms with van der Waals surface area (Å²) in [5.41, 5.74) is 9.17. The Morgan fingerprint density at radius 2 is 0.745 bits per heavy atom. The molecule has 0 atom stereocenters. The van der Waals surface area contributed by atoms with Gasteiger partial charge in [-0.05, 0) is 95.2 Å². The minimum atomic E-state index is 0.923. The topological polar surface area (TPSA) is 13.1 Å². The first kappa shape index (κ1) is 26.1. The van der Waals surface area contributed by atoms with Gasteiger partial charge in [0.05, 0.1) is 0 Å². The summed E-state index contributed by atoms with van der Waals surface area (Å²) >= 11 is 0. The van der Waals surface area contributed by atoms with Gasteiger partial charge in [-0.3, -0.25) is 0 Å². The molecule has 1 heteroatoms. The predicted molar refractivity (Wildman–Crippen MR) is 200 cm³/mol. The molecule has 1 nitrogen and oxygen atoms in total. The van der Waals surface area contributed by atoms with E-state index in [2.05, 4.69) is 158 Å². The van der Waals surface area contributed by atoms with Crippen molar-refractivity contribution < 1.29 is 4.42 Å². The van der Waals surface area contributed by atoms with Gasteiger partial charge >= 0.3 is 0 Å². The molecule has 0 saturated carbocycles. The van der Waals surface area contributed by atoms with Gasteiger partial charge < -0.3 is 4.42 Å². The van der Waals surface area contributed by atoms with E-state index in [1.165, 1.54) is 65.3 Å². The van der Waals surface area contributed by atoms with Crippen LogP contribution in [0.4, 0.5) is 0 Å². The summed E-state index contributed by atoms with van der Waals surface area (Å²) < 4.78 is 6.37. The molecule has 10 rings (SSSR count). The highest BCUT2D eigenvalue weighted by Gasteiger charge is 2.17. The smallest absolute Gasteiger partial charge is 0.143 e. The van der Waals surface area contributed by atoms with Crippen molar-refractivity contribution >= 4 is 65.0 Å². The van der Waals surface area contributed by atoms with Crippen LogP contribution in [0.1, 0.15) is 0 Å². The van der Waals surface area contributed by atoms with Crippen LogP contribution in [0.15, 0.2) is 174 Å². The molecule has 0 unspecified atom stereocenters. The van der Waals surface area contributed by atoms with Gasteiger partial charge in [-0.2, -0.15) is 0 Å². The zero-order valence-corrected chi connectivity index (χ0v) is 25.6. The van der Waals surface area contributed by atoms with Crippen molar-refractivity contribution in [2.24, 2.45) is 0 Å². The minimum absolute atomic E-state index is 0.923. The molecule has 0 radical (unpaired) electrons. The monoisotopic (exact) mass is 596 g/mol. The third-order valence-corrected chi connectivity index (χ3v) is 9.81. The molecule has 0 N–H and O–H groups in total. The highest BCUT2D eigenvalue weighted by atomic mass is 16.3. The summed E-state index contributed by atoms with van der Waals surface area (Å²) in [7, 11) is 0. The van der Waals surface area contributed by atoms with Crippen LogP contribution in [-0.4, -0.2) is 0 Å². The van der Waals surface area contributed by atoms with E-state index in [0.29, 0.717) is 0 Å². The van der Waals surface area contributed by atoms with Crippen molar-refractivity contribution in [3.63, 3.8) is 0 Å². The molecule has 1 aromatic heterocycles. The number of furan rings is 1. The number of para-hydroxylation sites is 2. The van der Waals surface area contributed by atoms with Gasteiger partial charge in [0, 0.05) is 16.3 Å². The molecule has 0 aliphatic carbocycles. The Morgan fingerprint density at radius 3 is 1.38 bits per heavy atom. The van der Waals surface area contributed by atoms with E-state index in [1.807, 2.05) is 12.1 Å². The van der Waals surface area contributed by atoms with Gasteiger partial charge in [0.15, 0.2) is 0 Å². The first-order chi connectivity index (χ1) is 23.3. The lowest BCUT2D eigenvalue weighted by atomic mass is 9.85. The largest absolute Gasteiger partial charge is 0.455 e. The van der Waals surface area contributed by atoms with Crippen LogP contribution in [-0.2, 0) is 0 Å². The summed E-state index contributed by atoms with van der Waals surface area (Å²) in [4.78, 5) is 0. The molecule has 0 fully saturated rings. The van der Waals surface area contributed by atoms with Gasteiger partial charge in [-0.1, -0.05) is 146 Å². The van der Waals surface area contributed by atoms with Crippen molar-refractivity contribution in [3.8, 4) is 33.4 Å². The average Bonchev–Trinajstić information content (AvgIpc) is 3.52. The van der Waals surface area contributed by atoms with E-state index in [0.717, 1.165) is 33.1 Å². The molecule has 1 heterocycles. The normalized spacial score (nSPS) is 11.8. The maximum absolute atomic E-state index is 6.37. The van der Waals surface area contributed by atoms with Gasteiger partial charge in [0.25, 0.3) is 0 Å². The molecular weight excluding hydrogens is 569 g/mol. The molecule has 10 aromatic rings. The van der Waals surface area contributed by atoms with E-state index < -0.39 is 0 Å². The van der Waals surface area contributed by atoms with Crippen LogP contribution in [0.25, 0.3) is 98.4 Å². The van der Waals surface area contributed by atoms with Gasteiger partial charge in [0.2, 0.25) is 0 Å². The molecular formula is C46H28O. The molecule has 0 amide bonds. The quantitative estimate of drug-likeness (QED) is 0.185. The van der Waals surface area contributed by atoms with E-state index in [9.17, 15) is 0 Å². The Hall–Kier alpha value is -6.18. The Labute approximate surface area is 271 Å². The van der Waals surface area contributed by atoms with Gasteiger partial charge in [-0.25, -0.2) is 0 Å². The Bertz CT molecular complexity index is 2800. The van der Waals surface area contributed by atoms with Crippen LogP contribution in [0.5, 0.6) is 0 Å². The minimum Gasteiger partial charge on any atom is -0.455 e. The molecule has 218 valence electrons. The number of rotatable bonds is 3. The second-order valence-corrected chi connectivity index (χ2v) is 12.5. The average molecular weight is 597 g/mol. The zero-order valence-electron chi connectivity index (χ0n) is 25.6. The molecule has 0 spiro atoms. The number of fused-ring (bicyclic) bond motifs is 7. The summed E-state index contributed by atoms with van der Waals surface area (Å²) in [6.45, 7) is 0. The Morgan fingerprint density at radius 1 is 0.298 bits per heavy atom. The van der Waals surface area contributed by atoms with E-state index >= 15 is 0 Å². The fourth-order valence-corrected chi connectivity index (χ4v) is 7.64. The van der Waals surface area contributed by atoms with E-state index in [1.54, 1.807) is 0 Å². The molecule has 9 aromatic carbocycles. The molecule has 0 aliphatic heterocycles. The number of hydrogen-bond donors (Lipinski definition) is 0. The maximum atomic E-state index is 6.37. The standard InChI is InChI=1S/C46H28O/c1-2-11-30-27-34(24-20-29(30)10-1)44-38-13-3-5-15-40(38)45(41-16-6-4-14-39(41)44)35-25-22-31-26-33(23-21-32(31)28-35)36-17-9-18-42-37-12-7-8-19-43(37)47-46(36)42/h1-28H. The van der Waals surface area contributed by atoms with Crippen molar-refractivity contribution in [1.82, 2.24) is 0 Å². The molecule has 0 saturated heterocycles. The Balaban J connectivity index is 1.16. The van der Waals surface area contributed by atoms with Crippen LogP contribution < -0.4 is 0 Å². The van der Waals surface area contributed by atoms with Crippen molar-refractivity contribution in [2.75, 3.05) is 0 Å². The number of hydrogen-bond acceptors (Lipinski definition) is 1. The lowest BCUT2D eigenvalue weighted by Gasteiger charge is -2.18. The van der Waals surface area contributed by atoms with Crippen LogP contribution >= 0.6 is 0 Å². The summed E-state index contributed by atoms with van der Waals surface area (Å²) in [6, 6.07) is 61.6. The first-order valence-corrected chi connectivity index (χ1v) is 16.2. The van der Waals surface area contributed by atoms with Crippen molar-refractivity contribution in [3.05, 3.63) is 170 Å². The first-order valence-electron chi connectivity index (χ1n) is 16.2. The van der Waals surface area contributed by atoms with Crippen molar-refractivity contribution in [2.45, 2.75) is 0 Å². The highest BCUT2D eigenvalue weighted by molar-refractivity contribution is 6.22. The second-order valence-electron chi connectivity index (χ2n) is 12.5. The number of benzene rings is 9. The summed E-state index contributed by atoms with van der Waals surface area (Å²) in [5, 5.41) is 12.3. The third-order valence-electron chi connectivity index (χ3n) is 9.81. The van der Waals surface area contributed by atoms with E-state index in [-0.39, 0.29) is 0 Å². The molecule has 0 aliphatic rings. The highest BCUT2D eigenvalue weighted by Crippen LogP contribution is 2.45. The fraction of sp³-hybridized carbons (Fsp3) is 0. The van der Waals surface area contributed by atoms with Gasteiger partial charge in [0.1, 0.15) is 11.2 Å². The third kappa shape index (κ3) is 4.03. The fourth-order valence-electron chi connectivity index (χ4n) is 7.64. The second kappa shape index (κ2) is 10.2. The summed E-state index contributed by atoms with van der Waals surface area (Å²) in [5.74, 6) is 0. The van der Waals surface area contributed by atoms with Crippen LogP contribution in [0.3, 0.4) is 0 Å². The predicted octanol–water partition coefficient (Wildman–Crippen LogP) is 13.2. The maximum Gasteiger partial charge on any atom is 0.143 e. The lowest BCUT2D eigenvalue weighted by Crippen LogP contribution is -1.91. The SMILES string of the molecule is c1ccc2cc(-c3c4ccccc4c(-c4ccc5cc(-c6cccc7c6oc6ccccc67)ccc5c4)c4ccccc34)ccc2c1. The van der Waals surface area contributed by atoms with E-state index in [4.69, 9.17) is 4.42 Å². The van der Waals surface area contributed by atoms with Crippen LogP contribution in [0.2, 0.25) is 0 Å². The Kier molecular flexibility index (Phi) is 5.64. The van der Waals surface area contributed by atoms with Crippen LogP contribution in [0, 0.1) is 0 Å². The van der Waals surface area contributed by atoms with Gasteiger partial charge in [-0.15, -0.1) is 0 Å². The van der Waals surface area contributed by atoms with Crippen molar-refractivity contribution in [1.29, 1.82) is 0 Å². The molecule has 0 bridgehead atoms. The zero-order chi connectivity index (χ0) is 30.9. The lowest BCUT2D eigenvalue weighted by molar-refractivity contribution is 0.670. The molecule has 47 heavy (non-hydrogen) atoms.